The second-order valence-electron chi connectivity index (χ2n) is 3.05. The van der Waals surface area contributed by atoms with Crippen molar-refractivity contribution in [2.75, 3.05) is 31.3 Å². The maximum absolute atomic E-state index is 5.90. The lowest BCUT2D eigenvalue weighted by molar-refractivity contribution is 0.194. The van der Waals surface area contributed by atoms with Gasteiger partial charge in [0.1, 0.15) is 23.0 Å². The van der Waals surface area contributed by atoms with E-state index < -0.39 is 0 Å². The second-order valence-corrected chi connectivity index (χ2v) is 3.43. The van der Waals surface area contributed by atoms with Crippen LogP contribution >= 0.6 is 11.6 Å². The molecule has 0 aliphatic heterocycles. The van der Waals surface area contributed by atoms with E-state index in [0.717, 1.165) is 26.0 Å². The highest BCUT2D eigenvalue weighted by molar-refractivity contribution is 6.35. The van der Waals surface area contributed by atoms with Gasteiger partial charge in [0, 0.05) is 20.3 Å². The molecule has 3 N–H and O–H groups in total. The fourth-order valence-corrected chi connectivity index (χ4v) is 1.25. The minimum atomic E-state index is 0.297. The van der Waals surface area contributed by atoms with Crippen LogP contribution in [0.5, 0.6) is 0 Å². The summed E-state index contributed by atoms with van der Waals surface area (Å²) in [6.45, 7) is 1.56. The van der Waals surface area contributed by atoms with Crippen molar-refractivity contribution >= 4 is 23.2 Å². The molecule has 0 spiro atoms. The molecule has 0 amide bonds. The van der Waals surface area contributed by atoms with Crippen molar-refractivity contribution in [3.05, 3.63) is 11.3 Å². The van der Waals surface area contributed by atoms with E-state index in [4.69, 9.17) is 22.1 Å². The number of aromatic nitrogens is 2. The molecule has 5 nitrogen and oxygen atoms in total. The summed E-state index contributed by atoms with van der Waals surface area (Å²) in [5.41, 5.74) is 5.53. The first kappa shape index (κ1) is 12.0. The zero-order chi connectivity index (χ0) is 11.1. The standard InChI is InChI=1S/C9H15ClN4O/c1-15-5-3-2-4-12-9-7(10)8(11)13-6-14-9/h6H,2-5H2,1H3,(H3,11,12,13,14). The Bertz CT molecular complexity index is 308. The predicted octanol–water partition coefficient (Wildman–Crippen LogP) is 1.55. The van der Waals surface area contributed by atoms with Gasteiger partial charge in [-0.1, -0.05) is 11.6 Å². The third-order valence-electron chi connectivity index (χ3n) is 1.88. The summed E-state index contributed by atoms with van der Waals surface area (Å²) in [5, 5.41) is 3.47. The number of unbranched alkanes of at least 4 members (excludes halogenated alkanes) is 1. The normalized spacial score (nSPS) is 10.3. The summed E-state index contributed by atoms with van der Waals surface area (Å²) in [5.74, 6) is 0.882. The van der Waals surface area contributed by atoms with Crippen LogP contribution in [-0.4, -0.2) is 30.2 Å². The molecule has 1 aromatic rings. The van der Waals surface area contributed by atoms with Crippen molar-refractivity contribution in [2.24, 2.45) is 0 Å². The van der Waals surface area contributed by atoms with Gasteiger partial charge in [-0.15, -0.1) is 0 Å². The van der Waals surface area contributed by atoms with Crippen LogP contribution in [0.4, 0.5) is 11.6 Å². The molecule has 0 aromatic carbocycles. The second kappa shape index (κ2) is 6.42. The molecule has 0 atom stereocenters. The lowest BCUT2D eigenvalue weighted by Gasteiger charge is -2.07. The first-order valence-corrected chi connectivity index (χ1v) is 5.12. The summed E-state index contributed by atoms with van der Waals surface area (Å²) < 4.78 is 4.94. The number of nitrogen functional groups attached to an aromatic ring is 1. The van der Waals surface area contributed by atoms with E-state index in [2.05, 4.69) is 15.3 Å². The number of methoxy groups -OCH3 is 1. The van der Waals surface area contributed by atoms with Crippen molar-refractivity contribution in [3.8, 4) is 0 Å². The highest BCUT2D eigenvalue weighted by Crippen LogP contribution is 2.22. The molecule has 6 heteroatoms. The van der Waals surface area contributed by atoms with Gasteiger partial charge in [0.2, 0.25) is 0 Å². The van der Waals surface area contributed by atoms with E-state index in [-0.39, 0.29) is 0 Å². The Morgan fingerprint density at radius 3 is 3.00 bits per heavy atom. The largest absolute Gasteiger partial charge is 0.385 e. The minimum absolute atomic E-state index is 0.297. The van der Waals surface area contributed by atoms with Crippen molar-refractivity contribution in [2.45, 2.75) is 12.8 Å². The number of nitrogens with two attached hydrogens (primary N) is 1. The maximum atomic E-state index is 5.90. The zero-order valence-electron chi connectivity index (χ0n) is 8.66. The highest BCUT2D eigenvalue weighted by Gasteiger charge is 2.04. The molecule has 0 radical (unpaired) electrons. The molecule has 0 fully saturated rings. The third kappa shape index (κ3) is 3.89. The van der Waals surface area contributed by atoms with Crippen LogP contribution in [0.15, 0.2) is 6.33 Å². The number of halogens is 1. The quantitative estimate of drug-likeness (QED) is 0.726. The van der Waals surface area contributed by atoms with Gasteiger partial charge < -0.3 is 15.8 Å². The lowest BCUT2D eigenvalue weighted by Crippen LogP contribution is -2.06. The van der Waals surface area contributed by atoms with Gasteiger partial charge in [-0.05, 0) is 12.8 Å². The fraction of sp³-hybridized carbons (Fsp3) is 0.556. The molecule has 0 saturated heterocycles. The Balaban J connectivity index is 2.34. The highest BCUT2D eigenvalue weighted by atomic mass is 35.5. The molecular weight excluding hydrogens is 216 g/mol. The smallest absolute Gasteiger partial charge is 0.150 e. The molecular formula is C9H15ClN4O. The van der Waals surface area contributed by atoms with Gasteiger partial charge in [0.05, 0.1) is 0 Å². The number of rotatable bonds is 6. The van der Waals surface area contributed by atoms with E-state index in [1.54, 1.807) is 7.11 Å². The molecule has 1 rings (SSSR count). The van der Waals surface area contributed by atoms with Crippen LogP contribution < -0.4 is 11.1 Å². The molecule has 0 saturated carbocycles. The van der Waals surface area contributed by atoms with Crippen molar-refractivity contribution < 1.29 is 4.74 Å². The average molecular weight is 231 g/mol. The molecule has 0 unspecified atom stereocenters. The molecule has 1 heterocycles. The SMILES string of the molecule is COCCCCNc1ncnc(N)c1Cl. The Morgan fingerprint density at radius 2 is 2.27 bits per heavy atom. The Morgan fingerprint density at radius 1 is 1.47 bits per heavy atom. The maximum Gasteiger partial charge on any atom is 0.150 e. The minimum Gasteiger partial charge on any atom is -0.385 e. The summed E-state index contributed by atoms with van der Waals surface area (Å²) >= 11 is 5.90. The molecule has 0 aliphatic carbocycles. The predicted molar refractivity (Wildman–Crippen MR) is 61.1 cm³/mol. The topological polar surface area (TPSA) is 73.1 Å². The fourth-order valence-electron chi connectivity index (χ4n) is 1.08. The van der Waals surface area contributed by atoms with E-state index in [9.17, 15) is 0 Å². The van der Waals surface area contributed by atoms with Gasteiger partial charge >= 0.3 is 0 Å². The molecule has 0 bridgehead atoms. The van der Waals surface area contributed by atoms with Gasteiger partial charge in [0.25, 0.3) is 0 Å². The van der Waals surface area contributed by atoms with Crippen molar-refractivity contribution in [1.29, 1.82) is 0 Å². The molecule has 0 aliphatic rings. The van der Waals surface area contributed by atoms with E-state index in [0.29, 0.717) is 16.7 Å². The first-order chi connectivity index (χ1) is 7.25. The monoisotopic (exact) mass is 230 g/mol. The number of nitrogens with one attached hydrogen (secondary N) is 1. The van der Waals surface area contributed by atoms with Gasteiger partial charge in [-0.2, -0.15) is 0 Å². The van der Waals surface area contributed by atoms with E-state index >= 15 is 0 Å². The number of hydrogen-bond donors (Lipinski definition) is 2. The molecule has 15 heavy (non-hydrogen) atoms. The van der Waals surface area contributed by atoms with Crippen LogP contribution in [0.3, 0.4) is 0 Å². The summed E-state index contributed by atoms with van der Waals surface area (Å²) in [6.07, 6.45) is 3.38. The van der Waals surface area contributed by atoms with Crippen LogP contribution in [0.25, 0.3) is 0 Å². The van der Waals surface area contributed by atoms with Crippen molar-refractivity contribution in [3.63, 3.8) is 0 Å². The van der Waals surface area contributed by atoms with Gasteiger partial charge in [-0.25, -0.2) is 9.97 Å². The van der Waals surface area contributed by atoms with Crippen LogP contribution in [-0.2, 0) is 4.74 Å². The van der Waals surface area contributed by atoms with Gasteiger partial charge in [-0.3, -0.25) is 0 Å². The van der Waals surface area contributed by atoms with Crippen LogP contribution in [0, 0.1) is 0 Å². The summed E-state index contributed by atoms with van der Waals surface area (Å²) in [6, 6.07) is 0. The Hall–Kier alpha value is -1.07. The van der Waals surface area contributed by atoms with Crippen LogP contribution in [0.1, 0.15) is 12.8 Å². The van der Waals surface area contributed by atoms with Gasteiger partial charge in [0.15, 0.2) is 0 Å². The first-order valence-electron chi connectivity index (χ1n) is 4.74. The zero-order valence-corrected chi connectivity index (χ0v) is 9.42. The lowest BCUT2D eigenvalue weighted by atomic mass is 10.3. The third-order valence-corrected chi connectivity index (χ3v) is 2.26. The Kier molecular flexibility index (Phi) is 5.14. The van der Waals surface area contributed by atoms with E-state index in [1.807, 2.05) is 0 Å². The number of hydrogen-bond acceptors (Lipinski definition) is 5. The molecule has 84 valence electrons. The summed E-state index contributed by atoms with van der Waals surface area (Å²) in [7, 11) is 1.69. The number of ether oxygens (including phenoxy) is 1. The average Bonchev–Trinajstić information content (AvgIpc) is 2.24. The summed E-state index contributed by atoms with van der Waals surface area (Å²) in [4.78, 5) is 7.76. The Labute approximate surface area is 94.0 Å². The number of nitrogens with zero attached hydrogens (tertiary/aromatic N) is 2. The van der Waals surface area contributed by atoms with Crippen molar-refractivity contribution in [1.82, 2.24) is 9.97 Å². The number of anilines is 2. The van der Waals surface area contributed by atoms with E-state index in [1.165, 1.54) is 6.33 Å². The molecule has 1 aromatic heterocycles. The van der Waals surface area contributed by atoms with Crippen LogP contribution in [0.2, 0.25) is 5.02 Å².